The lowest BCUT2D eigenvalue weighted by molar-refractivity contribution is 0.199. The van der Waals surface area contributed by atoms with Crippen LogP contribution in [0.15, 0.2) is 36.4 Å². The lowest BCUT2D eigenvalue weighted by Gasteiger charge is -2.14. The number of aliphatic hydroxyl groups is 1. The van der Waals surface area contributed by atoms with Crippen molar-refractivity contribution in [3.63, 3.8) is 0 Å². The summed E-state index contributed by atoms with van der Waals surface area (Å²) in [5, 5.41) is 10.2. The van der Waals surface area contributed by atoms with Crippen LogP contribution >= 0.6 is 11.6 Å². The largest absolute Gasteiger partial charge is 0.496 e. The van der Waals surface area contributed by atoms with Crippen molar-refractivity contribution in [1.82, 2.24) is 0 Å². The van der Waals surface area contributed by atoms with Gasteiger partial charge in [-0.15, -0.1) is 0 Å². The molecular weight excluding hydrogens is 288 g/mol. The standard InChI is InChI=1S/C17H19ClO3/c1-11-8-13(12(2)19)4-6-16(11)21-10-14-9-15(18)5-7-17(14)20-3/h4-9,12,19H,10H2,1-3H3/t12-/m0/s1. The minimum Gasteiger partial charge on any atom is -0.496 e. The summed E-state index contributed by atoms with van der Waals surface area (Å²) in [7, 11) is 1.62. The second-order valence-corrected chi connectivity index (χ2v) is 5.38. The second kappa shape index (κ2) is 6.83. The lowest BCUT2D eigenvalue weighted by Crippen LogP contribution is -2.01. The average Bonchev–Trinajstić information content (AvgIpc) is 2.46. The van der Waals surface area contributed by atoms with E-state index in [0.717, 1.165) is 28.2 Å². The molecule has 112 valence electrons. The molecule has 3 nitrogen and oxygen atoms in total. The predicted octanol–water partition coefficient (Wildman–Crippen LogP) is 4.29. The van der Waals surface area contributed by atoms with Crippen LogP contribution in [0.25, 0.3) is 0 Å². The first kappa shape index (κ1) is 15.7. The summed E-state index contributed by atoms with van der Waals surface area (Å²) in [5.74, 6) is 1.53. The number of benzene rings is 2. The maximum atomic E-state index is 9.57. The number of rotatable bonds is 5. The van der Waals surface area contributed by atoms with Gasteiger partial charge in [0, 0.05) is 10.6 Å². The molecule has 0 unspecified atom stereocenters. The highest BCUT2D eigenvalue weighted by atomic mass is 35.5. The van der Waals surface area contributed by atoms with Gasteiger partial charge in [0.15, 0.2) is 0 Å². The molecule has 1 N–H and O–H groups in total. The SMILES string of the molecule is COc1ccc(Cl)cc1COc1ccc([C@H](C)O)cc1C. The van der Waals surface area contributed by atoms with E-state index in [1.165, 1.54) is 0 Å². The molecule has 1 atom stereocenters. The molecule has 0 bridgehead atoms. The van der Waals surface area contributed by atoms with E-state index in [9.17, 15) is 5.11 Å². The van der Waals surface area contributed by atoms with E-state index in [2.05, 4.69) is 0 Å². The first-order chi connectivity index (χ1) is 10.0. The second-order valence-electron chi connectivity index (χ2n) is 4.95. The molecule has 0 aliphatic heterocycles. The molecule has 0 heterocycles. The quantitative estimate of drug-likeness (QED) is 0.895. The fourth-order valence-electron chi connectivity index (χ4n) is 2.11. The topological polar surface area (TPSA) is 38.7 Å². The van der Waals surface area contributed by atoms with Crippen molar-refractivity contribution in [3.8, 4) is 11.5 Å². The van der Waals surface area contributed by atoms with Crippen molar-refractivity contribution in [2.45, 2.75) is 26.6 Å². The van der Waals surface area contributed by atoms with Crippen molar-refractivity contribution in [2.24, 2.45) is 0 Å². The summed E-state index contributed by atoms with van der Waals surface area (Å²) in [4.78, 5) is 0. The van der Waals surface area contributed by atoms with Crippen molar-refractivity contribution < 1.29 is 14.6 Å². The molecule has 2 aromatic carbocycles. The van der Waals surface area contributed by atoms with Gasteiger partial charge in [-0.05, 0) is 55.3 Å². The molecule has 0 saturated heterocycles. The van der Waals surface area contributed by atoms with E-state index in [1.807, 2.05) is 37.3 Å². The zero-order valence-electron chi connectivity index (χ0n) is 12.4. The van der Waals surface area contributed by atoms with E-state index in [1.54, 1.807) is 20.1 Å². The summed E-state index contributed by atoms with van der Waals surface area (Å²) in [5.41, 5.74) is 2.75. The Bertz CT molecular complexity index is 623. The van der Waals surface area contributed by atoms with Gasteiger partial charge in [0.25, 0.3) is 0 Å². The van der Waals surface area contributed by atoms with Crippen LogP contribution in [0, 0.1) is 6.92 Å². The molecule has 2 rings (SSSR count). The van der Waals surface area contributed by atoms with E-state index >= 15 is 0 Å². The Morgan fingerprint density at radius 3 is 2.48 bits per heavy atom. The lowest BCUT2D eigenvalue weighted by atomic mass is 10.1. The molecule has 0 amide bonds. The van der Waals surface area contributed by atoms with Gasteiger partial charge in [0.2, 0.25) is 0 Å². The molecular formula is C17H19ClO3. The molecule has 4 heteroatoms. The fraction of sp³-hybridized carbons (Fsp3) is 0.294. The van der Waals surface area contributed by atoms with E-state index < -0.39 is 6.10 Å². The van der Waals surface area contributed by atoms with Crippen molar-refractivity contribution >= 4 is 11.6 Å². The first-order valence-corrected chi connectivity index (χ1v) is 7.13. The zero-order valence-corrected chi connectivity index (χ0v) is 13.1. The van der Waals surface area contributed by atoms with Crippen LogP contribution in [0.3, 0.4) is 0 Å². The maximum absolute atomic E-state index is 9.57. The summed E-state index contributed by atoms with van der Waals surface area (Å²) >= 11 is 6.00. The van der Waals surface area contributed by atoms with Crippen LogP contribution in [0.1, 0.15) is 29.7 Å². The van der Waals surface area contributed by atoms with Gasteiger partial charge in [0.1, 0.15) is 18.1 Å². The van der Waals surface area contributed by atoms with E-state index in [-0.39, 0.29) is 0 Å². The van der Waals surface area contributed by atoms with Crippen molar-refractivity contribution in [1.29, 1.82) is 0 Å². The van der Waals surface area contributed by atoms with Crippen molar-refractivity contribution in [2.75, 3.05) is 7.11 Å². The van der Waals surface area contributed by atoms with Gasteiger partial charge in [-0.1, -0.05) is 17.7 Å². The van der Waals surface area contributed by atoms with Crippen LogP contribution < -0.4 is 9.47 Å². The van der Waals surface area contributed by atoms with Gasteiger partial charge in [-0.25, -0.2) is 0 Å². The number of hydrogen-bond acceptors (Lipinski definition) is 3. The Morgan fingerprint density at radius 1 is 1.14 bits per heavy atom. The average molecular weight is 307 g/mol. The predicted molar refractivity (Wildman–Crippen MR) is 84.1 cm³/mol. The third-order valence-corrected chi connectivity index (χ3v) is 3.54. The van der Waals surface area contributed by atoms with Crippen LogP contribution in [0.5, 0.6) is 11.5 Å². The smallest absolute Gasteiger partial charge is 0.125 e. The molecule has 0 radical (unpaired) electrons. The van der Waals surface area contributed by atoms with E-state index in [0.29, 0.717) is 11.6 Å². The first-order valence-electron chi connectivity index (χ1n) is 6.75. The Kier molecular flexibility index (Phi) is 5.10. The van der Waals surface area contributed by atoms with Crippen molar-refractivity contribution in [3.05, 3.63) is 58.1 Å². The number of aryl methyl sites for hydroxylation is 1. The number of methoxy groups -OCH3 is 1. The van der Waals surface area contributed by atoms with Gasteiger partial charge < -0.3 is 14.6 Å². The van der Waals surface area contributed by atoms with Crippen LogP contribution in [0.2, 0.25) is 5.02 Å². The minimum absolute atomic E-state index is 0.374. The Hall–Kier alpha value is -1.71. The highest BCUT2D eigenvalue weighted by molar-refractivity contribution is 6.30. The van der Waals surface area contributed by atoms with Gasteiger partial charge >= 0.3 is 0 Å². The van der Waals surface area contributed by atoms with Crippen LogP contribution in [-0.4, -0.2) is 12.2 Å². The third-order valence-electron chi connectivity index (χ3n) is 3.31. The molecule has 0 aromatic heterocycles. The Morgan fingerprint density at radius 2 is 1.86 bits per heavy atom. The Labute approximate surface area is 130 Å². The molecule has 0 fully saturated rings. The monoisotopic (exact) mass is 306 g/mol. The molecule has 0 spiro atoms. The zero-order chi connectivity index (χ0) is 15.4. The molecule has 0 saturated carbocycles. The van der Waals surface area contributed by atoms with Gasteiger partial charge in [0.05, 0.1) is 13.2 Å². The van der Waals surface area contributed by atoms with Gasteiger partial charge in [-0.2, -0.15) is 0 Å². The minimum atomic E-state index is -0.481. The molecule has 2 aromatic rings. The number of hydrogen-bond donors (Lipinski definition) is 1. The number of aliphatic hydroxyl groups excluding tert-OH is 1. The fourth-order valence-corrected chi connectivity index (χ4v) is 2.30. The van der Waals surface area contributed by atoms with Crippen LogP contribution in [-0.2, 0) is 6.61 Å². The normalized spacial score (nSPS) is 12.0. The van der Waals surface area contributed by atoms with E-state index in [4.69, 9.17) is 21.1 Å². The number of ether oxygens (including phenoxy) is 2. The van der Waals surface area contributed by atoms with Crippen LogP contribution in [0.4, 0.5) is 0 Å². The maximum Gasteiger partial charge on any atom is 0.125 e. The molecule has 21 heavy (non-hydrogen) atoms. The summed E-state index contributed by atoms with van der Waals surface area (Å²) < 4.78 is 11.1. The highest BCUT2D eigenvalue weighted by Crippen LogP contribution is 2.27. The molecule has 0 aliphatic carbocycles. The van der Waals surface area contributed by atoms with Gasteiger partial charge in [-0.3, -0.25) is 0 Å². The molecule has 0 aliphatic rings. The number of halogens is 1. The third kappa shape index (κ3) is 3.90. The summed E-state index contributed by atoms with van der Waals surface area (Å²) in [6, 6.07) is 11.1. The summed E-state index contributed by atoms with van der Waals surface area (Å²) in [6.07, 6.45) is -0.481. The highest BCUT2D eigenvalue weighted by Gasteiger charge is 2.08. The summed E-state index contributed by atoms with van der Waals surface area (Å²) in [6.45, 7) is 4.07. The Balaban J connectivity index is 2.15.